The third-order valence-corrected chi connectivity index (χ3v) is 3.54. The van der Waals surface area contributed by atoms with Crippen LogP contribution in [0.2, 0.25) is 0 Å². The van der Waals surface area contributed by atoms with E-state index in [4.69, 9.17) is 0 Å². The predicted molar refractivity (Wildman–Crippen MR) is 59.5 cm³/mol. The molecular formula is C10H8NNaO2S2. The van der Waals surface area contributed by atoms with E-state index >= 15 is 0 Å². The van der Waals surface area contributed by atoms with Gasteiger partial charge in [0.05, 0.1) is 0 Å². The molecule has 1 unspecified atom stereocenters. The molecule has 0 N–H and O–H groups in total. The molecule has 1 heterocycles. The van der Waals surface area contributed by atoms with Gasteiger partial charge in [-0.05, 0) is 30.1 Å². The Balaban J connectivity index is 0.00000128. The van der Waals surface area contributed by atoms with Gasteiger partial charge in [0.15, 0.2) is 0 Å². The average molecular weight is 261 g/mol. The molecular weight excluding hydrogens is 253 g/mol. The second-order valence-corrected chi connectivity index (χ2v) is 4.86. The van der Waals surface area contributed by atoms with Gasteiger partial charge >= 0.3 is 29.6 Å². The molecule has 0 spiro atoms. The summed E-state index contributed by atoms with van der Waals surface area (Å²) < 4.78 is 21.5. The van der Waals surface area contributed by atoms with E-state index in [-0.39, 0.29) is 29.6 Å². The van der Waals surface area contributed by atoms with Crippen molar-refractivity contribution >= 4 is 22.4 Å². The summed E-state index contributed by atoms with van der Waals surface area (Å²) in [5.41, 5.74) is 1.79. The van der Waals surface area contributed by atoms with E-state index in [1.54, 1.807) is 18.2 Å². The van der Waals surface area contributed by atoms with Gasteiger partial charge < -0.3 is 4.55 Å². The van der Waals surface area contributed by atoms with Crippen LogP contribution in [0.15, 0.2) is 34.5 Å². The molecule has 1 aromatic heterocycles. The smallest absolute Gasteiger partial charge is 0.768 e. The van der Waals surface area contributed by atoms with Crippen LogP contribution in [0.4, 0.5) is 0 Å². The molecule has 0 saturated carbocycles. The molecule has 78 valence electrons. The van der Waals surface area contributed by atoms with Gasteiger partial charge in [-0.15, -0.1) is 11.3 Å². The van der Waals surface area contributed by atoms with Crippen molar-refractivity contribution < 1.29 is 38.3 Å². The van der Waals surface area contributed by atoms with Crippen molar-refractivity contribution in [2.24, 2.45) is 0 Å². The van der Waals surface area contributed by atoms with Crippen LogP contribution < -0.4 is 29.6 Å². The maximum absolute atomic E-state index is 10.8. The van der Waals surface area contributed by atoms with Crippen molar-refractivity contribution in [3.05, 3.63) is 35.3 Å². The number of nitrogens with zero attached hydrogens (tertiary/aromatic N) is 1. The van der Waals surface area contributed by atoms with Crippen molar-refractivity contribution in [2.45, 2.75) is 11.8 Å². The molecule has 0 amide bonds. The zero-order valence-corrected chi connectivity index (χ0v) is 12.6. The molecule has 0 aliphatic carbocycles. The second-order valence-electron chi connectivity index (χ2n) is 3.06. The minimum atomic E-state index is -2.18. The zero-order chi connectivity index (χ0) is 10.8. The minimum absolute atomic E-state index is 0. The number of hydrogen-bond donors (Lipinski definition) is 0. The van der Waals surface area contributed by atoms with Gasteiger partial charge in [0.1, 0.15) is 5.01 Å². The second kappa shape index (κ2) is 6.05. The SMILES string of the molecule is Cc1csc(-c2cccc(S(=O)[O-])c2)n1.[Na+]. The van der Waals surface area contributed by atoms with E-state index in [1.807, 2.05) is 18.4 Å². The largest absolute Gasteiger partial charge is 1.00 e. The van der Waals surface area contributed by atoms with Gasteiger partial charge in [-0.2, -0.15) is 0 Å². The fourth-order valence-corrected chi connectivity index (χ4v) is 2.43. The summed E-state index contributed by atoms with van der Waals surface area (Å²) in [5, 5.41) is 2.79. The van der Waals surface area contributed by atoms with Crippen LogP contribution in [0, 0.1) is 6.92 Å². The Morgan fingerprint density at radius 1 is 1.44 bits per heavy atom. The fraction of sp³-hybridized carbons (Fsp3) is 0.100. The molecule has 3 nitrogen and oxygen atoms in total. The maximum atomic E-state index is 10.8. The van der Waals surface area contributed by atoms with Gasteiger partial charge in [0, 0.05) is 21.5 Å². The van der Waals surface area contributed by atoms with Gasteiger partial charge in [-0.3, -0.25) is 4.21 Å². The Morgan fingerprint density at radius 3 is 2.75 bits per heavy atom. The Labute approximate surface area is 123 Å². The van der Waals surface area contributed by atoms with Crippen LogP contribution in [0.25, 0.3) is 10.6 Å². The third-order valence-electron chi connectivity index (χ3n) is 1.89. The first kappa shape index (κ1) is 14.0. The molecule has 2 aromatic rings. The first-order valence-corrected chi connectivity index (χ1v) is 6.24. The molecule has 6 heteroatoms. The number of benzene rings is 1. The standard InChI is InChI=1S/C10H9NO2S2.Na/c1-7-6-14-10(11-7)8-3-2-4-9(5-8)15(12)13;/h2-6H,1H3,(H,12,13);/q;+1/p-1. The average Bonchev–Trinajstić information content (AvgIpc) is 2.65. The van der Waals surface area contributed by atoms with E-state index in [9.17, 15) is 8.76 Å². The van der Waals surface area contributed by atoms with Gasteiger partial charge in [0.25, 0.3) is 0 Å². The molecule has 0 aliphatic rings. The number of hydrogen-bond acceptors (Lipinski definition) is 4. The van der Waals surface area contributed by atoms with Gasteiger partial charge in [-0.25, -0.2) is 4.98 Å². The monoisotopic (exact) mass is 261 g/mol. The van der Waals surface area contributed by atoms with Crippen molar-refractivity contribution in [3.63, 3.8) is 0 Å². The molecule has 0 saturated heterocycles. The van der Waals surface area contributed by atoms with Crippen LogP contribution >= 0.6 is 11.3 Å². The van der Waals surface area contributed by atoms with E-state index in [1.165, 1.54) is 11.3 Å². The molecule has 1 atom stereocenters. The summed E-state index contributed by atoms with van der Waals surface area (Å²) in [6, 6.07) is 6.76. The van der Waals surface area contributed by atoms with Crippen LogP contribution in [-0.2, 0) is 11.1 Å². The van der Waals surface area contributed by atoms with Crippen LogP contribution in [0.3, 0.4) is 0 Å². The molecule has 2 rings (SSSR count). The molecule has 16 heavy (non-hydrogen) atoms. The number of aromatic nitrogens is 1. The maximum Gasteiger partial charge on any atom is 1.00 e. The third kappa shape index (κ3) is 3.23. The Bertz CT molecular complexity index is 513. The van der Waals surface area contributed by atoms with Crippen molar-refractivity contribution in [1.29, 1.82) is 0 Å². The van der Waals surface area contributed by atoms with Crippen LogP contribution in [0.5, 0.6) is 0 Å². The minimum Gasteiger partial charge on any atom is -0.768 e. The van der Waals surface area contributed by atoms with E-state index in [0.29, 0.717) is 4.90 Å². The molecule has 0 bridgehead atoms. The summed E-state index contributed by atoms with van der Waals surface area (Å²) >= 11 is -0.668. The zero-order valence-electron chi connectivity index (χ0n) is 8.97. The summed E-state index contributed by atoms with van der Waals surface area (Å²) in [5.74, 6) is 0. The predicted octanol–water partition coefficient (Wildman–Crippen LogP) is -0.639. The molecule has 0 radical (unpaired) electrons. The summed E-state index contributed by atoms with van der Waals surface area (Å²) in [7, 11) is 0. The number of aryl methyl sites for hydroxylation is 1. The van der Waals surface area contributed by atoms with E-state index in [2.05, 4.69) is 4.98 Å². The van der Waals surface area contributed by atoms with Crippen molar-refractivity contribution in [3.8, 4) is 10.6 Å². The number of thiazole rings is 1. The van der Waals surface area contributed by atoms with Crippen molar-refractivity contribution in [1.82, 2.24) is 4.98 Å². The quantitative estimate of drug-likeness (QED) is 0.534. The Kier molecular flexibility index (Phi) is 5.30. The van der Waals surface area contributed by atoms with Crippen molar-refractivity contribution in [2.75, 3.05) is 0 Å². The molecule has 0 fully saturated rings. The Morgan fingerprint density at radius 2 is 2.19 bits per heavy atom. The van der Waals surface area contributed by atoms with Crippen LogP contribution in [0.1, 0.15) is 5.69 Å². The van der Waals surface area contributed by atoms with E-state index < -0.39 is 11.1 Å². The van der Waals surface area contributed by atoms with Crippen LogP contribution in [-0.4, -0.2) is 13.7 Å². The summed E-state index contributed by atoms with van der Waals surface area (Å²) in [6.45, 7) is 1.91. The first-order chi connectivity index (χ1) is 7.16. The molecule has 1 aromatic carbocycles. The number of rotatable bonds is 2. The normalized spacial score (nSPS) is 11.9. The van der Waals surface area contributed by atoms with Gasteiger partial charge in [-0.1, -0.05) is 12.1 Å². The topological polar surface area (TPSA) is 53.0 Å². The summed E-state index contributed by atoms with van der Waals surface area (Å²) in [4.78, 5) is 4.59. The molecule has 0 aliphatic heterocycles. The first-order valence-electron chi connectivity index (χ1n) is 4.28. The van der Waals surface area contributed by atoms with E-state index in [0.717, 1.165) is 16.3 Å². The van der Waals surface area contributed by atoms with Gasteiger partial charge in [0.2, 0.25) is 0 Å². The fourth-order valence-electron chi connectivity index (χ4n) is 1.22. The Hall–Kier alpha value is -0.0400. The summed E-state index contributed by atoms with van der Waals surface area (Å²) in [6.07, 6.45) is 0.